The maximum Gasteiger partial charge on any atom is 0.331 e. The molecular formula is C14H16N4O3. The Bertz CT molecular complexity index is 646. The number of hydrogen-bond acceptors (Lipinski definition) is 6. The highest BCUT2D eigenvalue weighted by molar-refractivity contribution is 5.50. The molecule has 110 valence electrons. The molecule has 0 saturated heterocycles. The van der Waals surface area contributed by atoms with Crippen molar-refractivity contribution in [3.63, 3.8) is 0 Å². The van der Waals surface area contributed by atoms with Gasteiger partial charge in [0, 0.05) is 18.8 Å². The lowest BCUT2D eigenvalue weighted by Crippen LogP contribution is -2.04. The SMILES string of the molecule is CCCNc1ccc([N+](=O)[O-])c(Oc2cccnc2C)n1. The lowest BCUT2D eigenvalue weighted by atomic mass is 10.3. The Kier molecular flexibility index (Phi) is 4.65. The molecule has 0 aliphatic heterocycles. The third kappa shape index (κ3) is 3.65. The van der Waals surface area contributed by atoms with Gasteiger partial charge in [0.2, 0.25) is 0 Å². The Labute approximate surface area is 122 Å². The van der Waals surface area contributed by atoms with Crippen LogP contribution >= 0.6 is 0 Å². The summed E-state index contributed by atoms with van der Waals surface area (Å²) < 4.78 is 5.57. The van der Waals surface area contributed by atoms with E-state index in [0.717, 1.165) is 13.0 Å². The maximum atomic E-state index is 11.1. The number of ether oxygens (including phenoxy) is 1. The van der Waals surface area contributed by atoms with Gasteiger partial charge in [-0.15, -0.1) is 0 Å². The van der Waals surface area contributed by atoms with Crippen LogP contribution in [0.25, 0.3) is 0 Å². The number of aromatic nitrogens is 2. The predicted molar refractivity (Wildman–Crippen MR) is 78.7 cm³/mol. The van der Waals surface area contributed by atoms with Gasteiger partial charge in [0.25, 0.3) is 0 Å². The number of pyridine rings is 2. The van der Waals surface area contributed by atoms with Crippen molar-refractivity contribution >= 4 is 11.5 Å². The monoisotopic (exact) mass is 288 g/mol. The Hall–Kier alpha value is -2.70. The number of nitrogens with zero attached hydrogens (tertiary/aromatic N) is 3. The molecular weight excluding hydrogens is 272 g/mol. The second-order valence-electron chi connectivity index (χ2n) is 4.39. The summed E-state index contributed by atoms with van der Waals surface area (Å²) in [6.07, 6.45) is 2.56. The van der Waals surface area contributed by atoms with Crippen molar-refractivity contribution in [3.8, 4) is 11.6 Å². The molecule has 21 heavy (non-hydrogen) atoms. The summed E-state index contributed by atoms with van der Waals surface area (Å²) in [5, 5.41) is 14.1. The largest absolute Gasteiger partial charge is 0.432 e. The van der Waals surface area contributed by atoms with Gasteiger partial charge in [-0.1, -0.05) is 6.92 Å². The molecule has 7 heteroatoms. The third-order valence-corrected chi connectivity index (χ3v) is 2.76. The van der Waals surface area contributed by atoms with Gasteiger partial charge in [-0.25, -0.2) is 0 Å². The van der Waals surface area contributed by atoms with E-state index in [0.29, 0.717) is 17.3 Å². The van der Waals surface area contributed by atoms with Crippen LogP contribution in [0.4, 0.5) is 11.5 Å². The van der Waals surface area contributed by atoms with Crippen LogP contribution < -0.4 is 10.1 Å². The smallest absolute Gasteiger partial charge is 0.331 e. The minimum Gasteiger partial charge on any atom is -0.432 e. The zero-order chi connectivity index (χ0) is 15.2. The average molecular weight is 288 g/mol. The first-order chi connectivity index (χ1) is 10.1. The topological polar surface area (TPSA) is 90.2 Å². The third-order valence-electron chi connectivity index (χ3n) is 2.76. The van der Waals surface area contributed by atoms with Crippen LogP contribution in [0.15, 0.2) is 30.5 Å². The van der Waals surface area contributed by atoms with Gasteiger partial charge in [0.15, 0.2) is 5.75 Å². The minimum atomic E-state index is -0.516. The van der Waals surface area contributed by atoms with Gasteiger partial charge in [-0.2, -0.15) is 4.98 Å². The van der Waals surface area contributed by atoms with E-state index < -0.39 is 4.92 Å². The summed E-state index contributed by atoms with van der Waals surface area (Å²) in [5.74, 6) is 0.942. The van der Waals surface area contributed by atoms with Crippen molar-refractivity contribution in [2.75, 3.05) is 11.9 Å². The van der Waals surface area contributed by atoms with Crippen molar-refractivity contribution in [2.45, 2.75) is 20.3 Å². The van der Waals surface area contributed by atoms with Gasteiger partial charge in [-0.05, 0) is 31.5 Å². The normalized spacial score (nSPS) is 10.2. The summed E-state index contributed by atoms with van der Waals surface area (Å²) in [7, 11) is 0. The molecule has 0 radical (unpaired) electrons. The number of aryl methyl sites for hydroxylation is 1. The van der Waals surface area contributed by atoms with Crippen molar-refractivity contribution in [1.29, 1.82) is 0 Å². The van der Waals surface area contributed by atoms with Crippen LogP contribution in [0.3, 0.4) is 0 Å². The molecule has 0 aliphatic carbocycles. The Balaban J connectivity index is 2.34. The fourth-order valence-corrected chi connectivity index (χ4v) is 1.68. The predicted octanol–water partition coefficient (Wildman–Crippen LogP) is 3.31. The van der Waals surface area contributed by atoms with Crippen molar-refractivity contribution in [2.24, 2.45) is 0 Å². The summed E-state index contributed by atoms with van der Waals surface area (Å²) in [5.41, 5.74) is 0.459. The van der Waals surface area contributed by atoms with E-state index >= 15 is 0 Å². The van der Waals surface area contributed by atoms with Crippen molar-refractivity contribution in [1.82, 2.24) is 9.97 Å². The fourth-order valence-electron chi connectivity index (χ4n) is 1.68. The molecule has 7 nitrogen and oxygen atoms in total. The molecule has 0 atom stereocenters. The zero-order valence-corrected chi connectivity index (χ0v) is 11.9. The first-order valence-corrected chi connectivity index (χ1v) is 6.60. The molecule has 1 N–H and O–H groups in total. The van der Waals surface area contributed by atoms with Gasteiger partial charge in [0.05, 0.1) is 10.6 Å². The van der Waals surface area contributed by atoms with Gasteiger partial charge < -0.3 is 10.1 Å². The Morgan fingerprint density at radius 2 is 2.19 bits per heavy atom. The molecule has 0 saturated carbocycles. The Morgan fingerprint density at radius 3 is 2.86 bits per heavy atom. The molecule has 2 heterocycles. The van der Waals surface area contributed by atoms with Crippen molar-refractivity contribution in [3.05, 3.63) is 46.3 Å². The van der Waals surface area contributed by atoms with Gasteiger partial charge in [0.1, 0.15) is 5.82 Å². The van der Waals surface area contributed by atoms with Crippen LogP contribution in [0, 0.1) is 17.0 Å². The number of hydrogen-bond donors (Lipinski definition) is 1. The van der Waals surface area contributed by atoms with Crippen LogP contribution in [0.5, 0.6) is 11.6 Å². The maximum absolute atomic E-state index is 11.1. The number of nitro groups is 1. The molecule has 2 aromatic heterocycles. The zero-order valence-electron chi connectivity index (χ0n) is 11.9. The lowest BCUT2D eigenvalue weighted by molar-refractivity contribution is -0.386. The van der Waals surface area contributed by atoms with Crippen molar-refractivity contribution < 1.29 is 9.66 Å². The van der Waals surface area contributed by atoms with E-state index in [-0.39, 0.29) is 11.6 Å². The highest BCUT2D eigenvalue weighted by Gasteiger charge is 2.19. The molecule has 2 rings (SSSR count). The quantitative estimate of drug-likeness (QED) is 0.647. The first-order valence-electron chi connectivity index (χ1n) is 6.60. The molecule has 2 aromatic rings. The highest BCUT2D eigenvalue weighted by atomic mass is 16.6. The summed E-state index contributed by atoms with van der Waals surface area (Å²) in [4.78, 5) is 18.8. The van der Waals surface area contributed by atoms with Gasteiger partial charge >= 0.3 is 11.6 Å². The molecule has 0 aromatic carbocycles. The molecule has 0 spiro atoms. The van der Waals surface area contributed by atoms with E-state index in [4.69, 9.17) is 4.74 Å². The first kappa shape index (κ1) is 14.7. The van der Waals surface area contributed by atoms with Crippen LogP contribution in [-0.4, -0.2) is 21.4 Å². The van der Waals surface area contributed by atoms with Crippen LogP contribution in [0.2, 0.25) is 0 Å². The van der Waals surface area contributed by atoms with Gasteiger partial charge in [-0.3, -0.25) is 15.1 Å². The minimum absolute atomic E-state index is 0.0443. The molecule has 0 aliphatic rings. The second kappa shape index (κ2) is 6.65. The number of rotatable bonds is 6. The molecule has 0 fully saturated rings. The number of anilines is 1. The van der Waals surface area contributed by atoms with E-state index in [1.807, 2.05) is 6.92 Å². The van der Waals surface area contributed by atoms with E-state index in [9.17, 15) is 10.1 Å². The fraction of sp³-hybridized carbons (Fsp3) is 0.286. The lowest BCUT2D eigenvalue weighted by Gasteiger charge is -2.09. The molecule has 0 amide bonds. The Morgan fingerprint density at radius 1 is 1.38 bits per heavy atom. The summed E-state index contributed by atoms with van der Waals surface area (Å²) in [6, 6.07) is 6.34. The molecule has 0 bridgehead atoms. The molecule has 0 unspecified atom stereocenters. The van der Waals surface area contributed by atoms with Crippen LogP contribution in [-0.2, 0) is 0 Å². The van der Waals surface area contributed by atoms with Crippen LogP contribution in [0.1, 0.15) is 19.0 Å². The average Bonchev–Trinajstić information content (AvgIpc) is 2.47. The standard InChI is InChI=1S/C14H16N4O3/c1-3-8-16-13-7-6-11(18(19)20)14(17-13)21-12-5-4-9-15-10(12)2/h4-7,9H,3,8H2,1-2H3,(H,16,17). The summed E-state index contributed by atoms with van der Waals surface area (Å²) >= 11 is 0. The second-order valence-corrected chi connectivity index (χ2v) is 4.39. The summed E-state index contributed by atoms with van der Waals surface area (Å²) in [6.45, 7) is 4.52. The highest BCUT2D eigenvalue weighted by Crippen LogP contribution is 2.31. The number of nitrogens with one attached hydrogen (secondary N) is 1. The van der Waals surface area contributed by atoms with E-state index in [1.54, 1.807) is 31.3 Å². The van der Waals surface area contributed by atoms with E-state index in [2.05, 4.69) is 15.3 Å². The van der Waals surface area contributed by atoms with E-state index in [1.165, 1.54) is 6.07 Å².